The Labute approximate surface area is 90.5 Å². The van der Waals surface area contributed by atoms with Crippen molar-refractivity contribution < 1.29 is 4.74 Å². The number of para-hydroxylation sites is 1. The maximum Gasteiger partial charge on any atom is 0.189 e. The van der Waals surface area contributed by atoms with E-state index in [0.717, 1.165) is 5.75 Å². The second kappa shape index (κ2) is 3.30. The van der Waals surface area contributed by atoms with Gasteiger partial charge in [-0.15, -0.1) is 0 Å². The zero-order valence-corrected chi connectivity index (χ0v) is 8.76. The summed E-state index contributed by atoms with van der Waals surface area (Å²) in [4.78, 5) is 0. The Bertz CT molecular complexity index is 436. The van der Waals surface area contributed by atoms with Crippen LogP contribution in [0.4, 0.5) is 0 Å². The molecular formula is C13H13BO. The van der Waals surface area contributed by atoms with Crippen LogP contribution in [0, 0.1) is 0 Å². The summed E-state index contributed by atoms with van der Waals surface area (Å²) in [6.45, 7) is 2.82. The van der Waals surface area contributed by atoms with Crippen LogP contribution in [0.5, 0.6) is 5.75 Å². The average molecular weight is 196 g/mol. The molecule has 2 unspecified atom stereocenters. The highest BCUT2D eigenvalue weighted by molar-refractivity contribution is 6.75. The van der Waals surface area contributed by atoms with E-state index in [4.69, 9.17) is 4.74 Å². The lowest BCUT2D eigenvalue weighted by atomic mass is 9.36. The average Bonchev–Trinajstić information content (AvgIpc) is 2.30. The molecule has 0 aromatic heterocycles. The highest BCUT2D eigenvalue weighted by Crippen LogP contribution is 2.31. The zero-order chi connectivity index (χ0) is 10.3. The second-order valence-corrected chi connectivity index (χ2v) is 4.26. The Morgan fingerprint density at radius 3 is 2.87 bits per heavy atom. The summed E-state index contributed by atoms with van der Waals surface area (Å²) in [5, 5.41) is 0. The minimum Gasteiger partial charge on any atom is -0.487 e. The minimum atomic E-state index is 0.222. The predicted molar refractivity (Wildman–Crippen MR) is 64.1 cm³/mol. The Kier molecular flexibility index (Phi) is 1.95. The van der Waals surface area contributed by atoms with E-state index in [2.05, 4.69) is 49.3 Å². The molecule has 74 valence electrons. The standard InChI is InChI=1S/C13H13BO/c1-14-10-6-2-4-8-12(10)15-13-9-5-3-7-11(13)14/h2-10,12H,1H3. The number of rotatable bonds is 0. The Morgan fingerprint density at radius 2 is 1.93 bits per heavy atom. The molecule has 15 heavy (non-hydrogen) atoms. The first-order chi connectivity index (χ1) is 7.36. The van der Waals surface area contributed by atoms with Gasteiger partial charge in [0, 0.05) is 5.82 Å². The van der Waals surface area contributed by atoms with Crippen molar-refractivity contribution in [1.82, 2.24) is 0 Å². The summed E-state index contributed by atoms with van der Waals surface area (Å²) in [5.74, 6) is 1.54. The quantitative estimate of drug-likeness (QED) is 0.578. The first-order valence-electron chi connectivity index (χ1n) is 5.47. The molecule has 0 N–H and O–H groups in total. The van der Waals surface area contributed by atoms with E-state index in [9.17, 15) is 0 Å². The molecule has 0 saturated heterocycles. The first-order valence-corrected chi connectivity index (χ1v) is 5.47. The van der Waals surface area contributed by atoms with Crippen LogP contribution < -0.4 is 10.2 Å². The molecule has 0 amide bonds. The van der Waals surface area contributed by atoms with Gasteiger partial charge in [-0.2, -0.15) is 0 Å². The van der Waals surface area contributed by atoms with Crippen LogP contribution in [0.3, 0.4) is 0 Å². The molecule has 0 spiro atoms. The molecule has 2 aliphatic rings. The van der Waals surface area contributed by atoms with Crippen molar-refractivity contribution in [2.75, 3.05) is 0 Å². The van der Waals surface area contributed by atoms with Gasteiger partial charge in [0.25, 0.3) is 0 Å². The third-order valence-electron chi connectivity index (χ3n) is 3.37. The summed E-state index contributed by atoms with van der Waals surface area (Å²) in [6, 6.07) is 8.35. The normalized spacial score (nSPS) is 26.9. The van der Waals surface area contributed by atoms with Gasteiger partial charge in [0.15, 0.2) is 6.71 Å². The van der Waals surface area contributed by atoms with Crippen molar-refractivity contribution in [2.24, 2.45) is 0 Å². The van der Waals surface area contributed by atoms with E-state index >= 15 is 0 Å². The van der Waals surface area contributed by atoms with Gasteiger partial charge < -0.3 is 4.74 Å². The SMILES string of the molecule is CB1c2ccccc2OC2C=CC=CC12. The van der Waals surface area contributed by atoms with Crippen LogP contribution >= 0.6 is 0 Å². The molecule has 1 nitrogen and oxygen atoms in total. The van der Waals surface area contributed by atoms with Gasteiger partial charge in [-0.3, -0.25) is 0 Å². The number of fused-ring (bicyclic) bond motifs is 2. The lowest BCUT2D eigenvalue weighted by molar-refractivity contribution is 0.247. The summed E-state index contributed by atoms with van der Waals surface area (Å²) in [5.41, 5.74) is 1.33. The molecule has 2 heteroatoms. The number of allylic oxidation sites excluding steroid dienone is 2. The topological polar surface area (TPSA) is 9.23 Å². The Morgan fingerprint density at radius 1 is 1.13 bits per heavy atom. The van der Waals surface area contributed by atoms with E-state index in [0.29, 0.717) is 12.5 Å². The van der Waals surface area contributed by atoms with Gasteiger partial charge in [0.2, 0.25) is 0 Å². The molecule has 1 aromatic carbocycles. The fourth-order valence-corrected chi connectivity index (χ4v) is 2.49. The summed E-state index contributed by atoms with van der Waals surface area (Å²) >= 11 is 0. The van der Waals surface area contributed by atoms with E-state index in [1.807, 2.05) is 6.07 Å². The highest BCUT2D eigenvalue weighted by atomic mass is 16.5. The summed E-state index contributed by atoms with van der Waals surface area (Å²) in [6.07, 6.45) is 8.82. The Balaban J connectivity index is 2.07. The smallest absolute Gasteiger partial charge is 0.189 e. The molecule has 1 heterocycles. The Hall–Kier alpha value is -1.44. The van der Waals surface area contributed by atoms with Crippen LogP contribution in [-0.2, 0) is 0 Å². The van der Waals surface area contributed by atoms with Crippen molar-refractivity contribution in [2.45, 2.75) is 18.7 Å². The van der Waals surface area contributed by atoms with E-state index in [1.54, 1.807) is 0 Å². The van der Waals surface area contributed by atoms with Gasteiger partial charge in [0.1, 0.15) is 11.9 Å². The second-order valence-electron chi connectivity index (χ2n) is 4.26. The zero-order valence-electron chi connectivity index (χ0n) is 8.76. The van der Waals surface area contributed by atoms with Gasteiger partial charge in [-0.05, 0) is 17.6 Å². The first kappa shape index (κ1) is 8.84. The maximum absolute atomic E-state index is 5.97. The van der Waals surface area contributed by atoms with Gasteiger partial charge in [0.05, 0.1) is 0 Å². The van der Waals surface area contributed by atoms with E-state index in [1.165, 1.54) is 5.46 Å². The number of benzene rings is 1. The highest BCUT2D eigenvalue weighted by Gasteiger charge is 2.35. The lowest BCUT2D eigenvalue weighted by Crippen LogP contribution is -2.45. The van der Waals surface area contributed by atoms with Crippen LogP contribution in [0.15, 0.2) is 48.6 Å². The van der Waals surface area contributed by atoms with E-state index < -0.39 is 0 Å². The molecule has 3 rings (SSSR count). The van der Waals surface area contributed by atoms with Crippen molar-refractivity contribution >= 4 is 12.2 Å². The van der Waals surface area contributed by atoms with Gasteiger partial charge in [-0.1, -0.05) is 43.3 Å². The van der Waals surface area contributed by atoms with Gasteiger partial charge >= 0.3 is 0 Å². The van der Waals surface area contributed by atoms with Crippen LogP contribution in [-0.4, -0.2) is 12.8 Å². The van der Waals surface area contributed by atoms with Crippen LogP contribution in [0.1, 0.15) is 0 Å². The van der Waals surface area contributed by atoms with Crippen LogP contribution in [0.2, 0.25) is 12.6 Å². The monoisotopic (exact) mass is 196 g/mol. The third kappa shape index (κ3) is 1.32. The number of ether oxygens (including phenoxy) is 1. The predicted octanol–water partition coefficient (Wildman–Crippen LogP) is 2.28. The molecule has 0 bridgehead atoms. The third-order valence-corrected chi connectivity index (χ3v) is 3.37. The molecule has 2 atom stereocenters. The fourth-order valence-electron chi connectivity index (χ4n) is 2.49. The molecule has 1 aliphatic heterocycles. The van der Waals surface area contributed by atoms with Crippen LogP contribution in [0.25, 0.3) is 0 Å². The van der Waals surface area contributed by atoms with Gasteiger partial charge in [-0.25, -0.2) is 0 Å². The number of hydrogen-bond donors (Lipinski definition) is 0. The lowest BCUT2D eigenvalue weighted by Gasteiger charge is -2.34. The molecule has 0 fully saturated rings. The molecule has 0 radical (unpaired) electrons. The molecule has 1 aromatic rings. The number of hydrogen-bond acceptors (Lipinski definition) is 1. The van der Waals surface area contributed by atoms with Crippen molar-refractivity contribution in [3.63, 3.8) is 0 Å². The summed E-state index contributed by atoms with van der Waals surface area (Å²) in [7, 11) is 0. The van der Waals surface area contributed by atoms with E-state index in [-0.39, 0.29) is 6.10 Å². The molecular weight excluding hydrogens is 183 g/mol. The summed E-state index contributed by atoms with van der Waals surface area (Å²) < 4.78 is 5.97. The largest absolute Gasteiger partial charge is 0.487 e. The maximum atomic E-state index is 5.97. The fraction of sp³-hybridized carbons (Fsp3) is 0.231. The molecule has 1 aliphatic carbocycles. The van der Waals surface area contributed by atoms with Crippen molar-refractivity contribution in [3.8, 4) is 5.75 Å². The van der Waals surface area contributed by atoms with Crippen molar-refractivity contribution in [3.05, 3.63) is 48.6 Å². The van der Waals surface area contributed by atoms with Crippen molar-refractivity contribution in [1.29, 1.82) is 0 Å². The molecule has 0 saturated carbocycles. The minimum absolute atomic E-state index is 0.222.